The van der Waals surface area contributed by atoms with Crippen LogP contribution >= 0.6 is 0 Å². The Morgan fingerprint density at radius 1 is 1.44 bits per heavy atom. The first-order valence-electron chi connectivity index (χ1n) is 6.07. The van der Waals surface area contributed by atoms with E-state index in [-0.39, 0.29) is 18.6 Å². The standard InChI is InChI=1S/C13H18N2O3/c1-10(16)8-14-11-2-4-12(5-3-11)15-6-7-18-9-13(15)17/h2-5,10,14,16H,6-9H2,1H3/t10-/m1/s1. The molecule has 2 rings (SSSR count). The van der Waals surface area contributed by atoms with Crippen LogP contribution in [-0.2, 0) is 9.53 Å². The summed E-state index contributed by atoms with van der Waals surface area (Å²) in [5, 5.41) is 12.3. The minimum Gasteiger partial charge on any atom is -0.392 e. The smallest absolute Gasteiger partial charge is 0.253 e. The van der Waals surface area contributed by atoms with Crippen LogP contribution in [0.3, 0.4) is 0 Å². The number of nitrogens with one attached hydrogen (secondary N) is 1. The summed E-state index contributed by atoms with van der Waals surface area (Å²) in [6.07, 6.45) is -0.384. The highest BCUT2D eigenvalue weighted by Gasteiger charge is 2.19. The summed E-state index contributed by atoms with van der Waals surface area (Å²) in [5.41, 5.74) is 1.81. The molecule has 1 aromatic rings. The number of carbonyl (C=O) groups is 1. The summed E-state index contributed by atoms with van der Waals surface area (Å²) >= 11 is 0. The fraction of sp³-hybridized carbons (Fsp3) is 0.462. The Morgan fingerprint density at radius 2 is 2.17 bits per heavy atom. The number of benzene rings is 1. The maximum absolute atomic E-state index is 11.6. The van der Waals surface area contributed by atoms with E-state index in [0.717, 1.165) is 11.4 Å². The quantitative estimate of drug-likeness (QED) is 0.831. The van der Waals surface area contributed by atoms with Crippen LogP contribution in [0.5, 0.6) is 0 Å². The van der Waals surface area contributed by atoms with Crippen LogP contribution in [0, 0.1) is 0 Å². The Kier molecular flexibility index (Phi) is 4.17. The molecular weight excluding hydrogens is 232 g/mol. The van der Waals surface area contributed by atoms with Gasteiger partial charge in [0.2, 0.25) is 0 Å². The molecule has 5 heteroatoms. The Morgan fingerprint density at radius 3 is 2.78 bits per heavy atom. The lowest BCUT2D eigenvalue weighted by molar-refractivity contribution is -0.125. The third-order valence-corrected chi connectivity index (χ3v) is 2.77. The number of rotatable bonds is 4. The topological polar surface area (TPSA) is 61.8 Å². The first-order chi connectivity index (χ1) is 8.66. The lowest BCUT2D eigenvalue weighted by atomic mass is 10.2. The van der Waals surface area contributed by atoms with Gasteiger partial charge < -0.3 is 20.1 Å². The number of ether oxygens (including phenoxy) is 1. The number of hydrogen-bond acceptors (Lipinski definition) is 4. The van der Waals surface area contributed by atoms with E-state index in [1.165, 1.54) is 0 Å². The van der Waals surface area contributed by atoms with Gasteiger partial charge in [0.05, 0.1) is 12.7 Å². The SMILES string of the molecule is C[C@@H](O)CNc1ccc(N2CCOCC2=O)cc1. The number of amides is 1. The Balaban J connectivity index is 2.00. The molecule has 0 saturated carbocycles. The molecule has 98 valence electrons. The predicted molar refractivity (Wildman–Crippen MR) is 69.8 cm³/mol. The van der Waals surface area contributed by atoms with Crippen molar-refractivity contribution in [1.29, 1.82) is 0 Å². The summed E-state index contributed by atoms with van der Waals surface area (Å²) in [4.78, 5) is 13.4. The number of anilines is 2. The number of aliphatic hydroxyl groups is 1. The Labute approximate surface area is 106 Å². The number of hydrogen-bond donors (Lipinski definition) is 2. The zero-order valence-electron chi connectivity index (χ0n) is 10.4. The normalized spacial score (nSPS) is 17.7. The molecule has 2 N–H and O–H groups in total. The van der Waals surface area contributed by atoms with Gasteiger partial charge in [0.1, 0.15) is 6.61 Å². The van der Waals surface area contributed by atoms with Crippen LogP contribution in [0.4, 0.5) is 11.4 Å². The minimum atomic E-state index is -0.384. The molecule has 1 aliphatic rings. The van der Waals surface area contributed by atoms with E-state index in [9.17, 15) is 9.90 Å². The number of aliphatic hydroxyl groups excluding tert-OH is 1. The van der Waals surface area contributed by atoms with Crippen molar-refractivity contribution in [3.8, 4) is 0 Å². The molecular formula is C13H18N2O3. The van der Waals surface area contributed by atoms with Gasteiger partial charge in [-0.05, 0) is 31.2 Å². The fourth-order valence-corrected chi connectivity index (χ4v) is 1.82. The molecule has 1 amide bonds. The van der Waals surface area contributed by atoms with Crippen LogP contribution in [0.1, 0.15) is 6.92 Å². The van der Waals surface area contributed by atoms with Crippen molar-refractivity contribution >= 4 is 17.3 Å². The third kappa shape index (κ3) is 3.21. The van der Waals surface area contributed by atoms with E-state index in [2.05, 4.69) is 5.32 Å². The van der Waals surface area contributed by atoms with Gasteiger partial charge >= 0.3 is 0 Å². The van der Waals surface area contributed by atoms with Crippen molar-refractivity contribution in [3.05, 3.63) is 24.3 Å². The van der Waals surface area contributed by atoms with Crippen LogP contribution in [0.2, 0.25) is 0 Å². The molecule has 1 fully saturated rings. The summed E-state index contributed by atoms with van der Waals surface area (Å²) < 4.78 is 5.09. The highest BCUT2D eigenvalue weighted by molar-refractivity contribution is 5.94. The summed E-state index contributed by atoms with van der Waals surface area (Å²) in [6.45, 7) is 3.57. The first kappa shape index (κ1) is 12.9. The summed E-state index contributed by atoms with van der Waals surface area (Å²) in [5.74, 6) is -0.00839. The van der Waals surface area contributed by atoms with Crippen molar-refractivity contribution in [2.75, 3.05) is 36.5 Å². The summed E-state index contributed by atoms with van der Waals surface area (Å²) in [6, 6.07) is 7.60. The molecule has 5 nitrogen and oxygen atoms in total. The Bertz CT molecular complexity index is 403. The van der Waals surface area contributed by atoms with E-state index in [4.69, 9.17) is 4.74 Å². The second-order valence-corrected chi connectivity index (χ2v) is 4.37. The molecule has 0 aromatic heterocycles. The van der Waals surface area contributed by atoms with E-state index in [1.807, 2.05) is 24.3 Å². The molecule has 0 radical (unpaired) electrons. The Hall–Kier alpha value is -1.59. The molecule has 0 unspecified atom stereocenters. The van der Waals surface area contributed by atoms with Crippen molar-refractivity contribution in [2.45, 2.75) is 13.0 Å². The molecule has 1 atom stereocenters. The molecule has 1 saturated heterocycles. The zero-order chi connectivity index (χ0) is 13.0. The van der Waals surface area contributed by atoms with Crippen LogP contribution in [0.15, 0.2) is 24.3 Å². The van der Waals surface area contributed by atoms with E-state index in [1.54, 1.807) is 11.8 Å². The van der Waals surface area contributed by atoms with Crippen LogP contribution < -0.4 is 10.2 Å². The average Bonchev–Trinajstić information content (AvgIpc) is 2.38. The van der Waals surface area contributed by atoms with E-state index >= 15 is 0 Å². The average molecular weight is 250 g/mol. The van der Waals surface area contributed by atoms with E-state index in [0.29, 0.717) is 19.7 Å². The maximum Gasteiger partial charge on any atom is 0.253 e. The van der Waals surface area contributed by atoms with Gasteiger partial charge in [-0.1, -0.05) is 0 Å². The van der Waals surface area contributed by atoms with Gasteiger partial charge in [-0.2, -0.15) is 0 Å². The molecule has 18 heavy (non-hydrogen) atoms. The molecule has 1 heterocycles. The van der Waals surface area contributed by atoms with Crippen molar-refractivity contribution < 1.29 is 14.6 Å². The van der Waals surface area contributed by atoms with Crippen molar-refractivity contribution in [1.82, 2.24) is 0 Å². The van der Waals surface area contributed by atoms with Crippen molar-refractivity contribution in [2.24, 2.45) is 0 Å². The number of carbonyl (C=O) groups excluding carboxylic acids is 1. The second kappa shape index (κ2) is 5.84. The van der Waals surface area contributed by atoms with Gasteiger partial charge in [0.15, 0.2) is 0 Å². The van der Waals surface area contributed by atoms with Gasteiger partial charge in [0, 0.05) is 24.5 Å². The summed E-state index contributed by atoms with van der Waals surface area (Å²) in [7, 11) is 0. The lowest BCUT2D eigenvalue weighted by Gasteiger charge is -2.27. The van der Waals surface area contributed by atoms with E-state index < -0.39 is 0 Å². The first-order valence-corrected chi connectivity index (χ1v) is 6.07. The zero-order valence-corrected chi connectivity index (χ0v) is 10.4. The minimum absolute atomic E-state index is 0.00839. The van der Waals surface area contributed by atoms with Gasteiger partial charge in [-0.25, -0.2) is 0 Å². The second-order valence-electron chi connectivity index (χ2n) is 4.37. The highest BCUT2D eigenvalue weighted by Crippen LogP contribution is 2.19. The molecule has 0 aliphatic carbocycles. The largest absolute Gasteiger partial charge is 0.392 e. The lowest BCUT2D eigenvalue weighted by Crippen LogP contribution is -2.41. The third-order valence-electron chi connectivity index (χ3n) is 2.77. The molecule has 0 spiro atoms. The predicted octanol–water partition coefficient (Wildman–Crippen LogP) is 0.842. The van der Waals surface area contributed by atoms with Crippen LogP contribution in [0.25, 0.3) is 0 Å². The van der Waals surface area contributed by atoms with Gasteiger partial charge in [-0.15, -0.1) is 0 Å². The van der Waals surface area contributed by atoms with Crippen LogP contribution in [-0.4, -0.2) is 43.4 Å². The number of morpholine rings is 1. The molecule has 0 bridgehead atoms. The van der Waals surface area contributed by atoms with Crippen molar-refractivity contribution in [3.63, 3.8) is 0 Å². The number of nitrogens with zero attached hydrogens (tertiary/aromatic N) is 1. The maximum atomic E-state index is 11.6. The molecule has 1 aliphatic heterocycles. The van der Waals surface area contributed by atoms with Gasteiger partial charge in [-0.3, -0.25) is 4.79 Å². The van der Waals surface area contributed by atoms with Gasteiger partial charge in [0.25, 0.3) is 5.91 Å². The highest BCUT2D eigenvalue weighted by atomic mass is 16.5. The molecule has 1 aromatic carbocycles. The fourth-order valence-electron chi connectivity index (χ4n) is 1.82. The monoisotopic (exact) mass is 250 g/mol.